The summed E-state index contributed by atoms with van der Waals surface area (Å²) in [7, 11) is 1.69. The zero-order valence-electron chi connectivity index (χ0n) is 15.5. The highest BCUT2D eigenvalue weighted by molar-refractivity contribution is 5.92. The van der Waals surface area contributed by atoms with Gasteiger partial charge in [0.1, 0.15) is 5.69 Å². The van der Waals surface area contributed by atoms with Crippen molar-refractivity contribution in [3.63, 3.8) is 0 Å². The first-order valence-electron chi connectivity index (χ1n) is 8.91. The van der Waals surface area contributed by atoms with Crippen molar-refractivity contribution in [2.24, 2.45) is 0 Å². The molecule has 3 aromatic rings. The van der Waals surface area contributed by atoms with Gasteiger partial charge in [0.2, 0.25) is 0 Å². The van der Waals surface area contributed by atoms with Gasteiger partial charge in [0, 0.05) is 19.0 Å². The van der Waals surface area contributed by atoms with Gasteiger partial charge in [0.15, 0.2) is 6.61 Å². The summed E-state index contributed by atoms with van der Waals surface area (Å²) in [4.78, 5) is 30.3. The predicted octanol–water partition coefficient (Wildman–Crippen LogP) is 3.61. The minimum atomic E-state index is -0.602. The molecule has 27 heavy (non-hydrogen) atoms. The fraction of sp³-hybridized carbons (Fsp3) is 0.227. The lowest BCUT2D eigenvalue weighted by Gasteiger charge is -2.17. The molecule has 2 aromatic carbocycles. The van der Waals surface area contributed by atoms with Crippen molar-refractivity contribution in [1.29, 1.82) is 0 Å². The van der Waals surface area contributed by atoms with Crippen molar-refractivity contribution in [2.45, 2.75) is 19.9 Å². The summed E-state index contributed by atoms with van der Waals surface area (Å²) < 4.78 is 5.14. The highest BCUT2D eigenvalue weighted by Crippen LogP contribution is 2.12. The van der Waals surface area contributed by atoms with E-state index in [0.717, 1.165) is 17.4 Å². The number of aromatic nitrogens is 1. The van der Waals surface area contributed by atoms with Gasteiger partial charge >= 0.3 is 5.97 Å². The number of aryl methyl sites for hydroxylation is 1. The van der Waals surface area contributed by atoms with E-state index >= 15 is 0 Å². The van der Waals surface area contributed by atoms with Crippen LogP contribution in [0.1, 0.15) is 28.5 Å². The number of para-hydroxylation sites is 1. The van der Waals surface area contributed by atoms with Crippen LogP contribution < -0.4 is 0 Å². The molecule has 0 aliphatic heterocycles. The lowest BCUT2D eigenvalue weighted by molar-refractivity contribution is -0.133. The van der Waals surface area contributed by atoms with E-state index < -0.39 is 5.97 Å². The quantitative estimate of drug-likeness (QED) is 0.629. The van der Waals surface area contributed by atoms with Crippen LogP contribution in [-0.2, 0) is 22.5 Å². The molecular formula is C22H22N2O3. The maximum Gasteiger partial charge on any atom is 0.357 e. The van der Waals surface area contributed by atoms with Crippen molar-refractivity contribution in [3.8, 4) is 0 Å². The van der Waals surface area contributed by atoms with E-state index in [9.17, 15) is 9.59 Å². The number of ether oxygens (including phenoxy) is 1. The van der Waals surface area contributed by atoms with Gasteiger partial charge in [0.05, 0.1) is 5.52 Å². The first-order valence-corrected chi connectivity index (χ1v) is 8.91. The number of esters is 1. The second-order valence-electron chi connectivity index (χ2n) is 6.39. The number of likely N-dealkylation sites (N-methyl/N-ethyl adjacent to an activating group) is 1. The van der Waals surface area contributed by atoms with Gasteiger partial charge in [-0.3, -0.25) is 4.79 Å². The summed E-state index contributed by atoms with van der Waals surface area (Å²) in [5.41, 5.74) is 3.19. The van der Waals surface area contributed by atoms with Crippen molar-refractivity contribution in [2.75, 3.05) is 13.7 Å². The maximum absolute atomic E-state index is 12.2. The van der Waals surface area contributed by atoms with Crippen LogP contribution in [0, 0.1) is 0 Å². The molecule has 5 nitrogen and oxygen atoms in total. The summed E-state index contributed by atoms with van der Waals surface area (Å²) in [6, 6.07) is 19.1. The van der Waals surface area contributed by atoms with Gasteiger partial charge < -0.3 is 9.64 Å². The van der Waals surface area contributed by atoms with Crippen LogP contribution in [0.25, 0.3) is 10.9 Å². The molecular weight excluding hydrogens is 340 g/mol. The molecule has 0 saturated heterocycles. The average molecular weight is 362 g/mol. The second-order valence-corrected chi connectivity index (χ2v) is 6.39. The van der Waals surface area contributed by atoms with Crippen LogP contribution in [0.5, 0.6) is 0 Å². The Kier molecular flexibility index (Phi) is 5.81. The number of amides is 1. The van der Waals surface area contributed by atoms with Crippen molar-refractivity contribution in [1.82, 2.24) is 9.88 Å². The van der Waals surface area contributed by atoms with Crippen LogP contribution in [-0.4, -0.2) is 35.4 Å². The molecule has 0 aliphatic rings. The summed E-state index contributed by atoms with van der Waals surface area (Å²) in [6.45, 7) is 2.26. The van der Waals surface area contributed by atoms with E-state index in [1.54, 1.807) is 18.0 Å². The number of hydrogen-bond donors (Lipinski definition) is 0. The number of fused-ring (bicyclic) bond motifs is 1. The predicted molar refractivity (Wildman–Crippen MR) is 104 cm³/mol. The molecule has 0 radical (unpaired) electrons. The van der Waals surface area contributed by atoms with Gasteiger partial charge in [0.25, 0.3) is 5.91 Å². The monoisotopic (exact) mass is 362 g/mol. The molecule has 0 bridgehead atoms. The Morgan fingerprint density at radius 2 is 1.67 bits per heavy atom. The number of carbonyl (C=O) groups is 2. The van der Waals surface area contributed by atoms with Gasteiger partial charge in [-0.2, -0.15) is 0 Å². The largest absolute Gasteiger partial charge is 0.451 e. The van der Waals surface area contributed by atoms with Crippen LogP contribution in [0.2, 0.25) is 0 Å². The minimum Gasteiger partial charge on any atom is -0.451 e. The molecule has 0 atom stereocenters. The van der Waals surface area contributed by atoms with Crippen molar-refractivity contribution >= 4 is 22.8 Å². The van der Waals surface area contributed by atoms with Crippen LogP contribution in [0.4, 0.5) is 0 Å². The zero-order chi connectivity index (χ0) is 19.2. The van der Waals surface area contributed by atoms with Gasteiger partial charge in [-0.1, -0.05) is 55.5 Å². The van der Waals surface area contributed by atoms with Gasteiger partial charge in [-0.25, -0.2) is 9.78 Å². The maximum atomic E-state index is 12.2. The molecule has 0 unspecified atom stereocenters. The Bertz CT molecular complexity index is 951. The Hall–Kier alpha value is -3.21. The Labute approximate surface area is 158 Å². The van der Waals surface area contributed by atoms with Crippen LogP contribution >= 0.6 is 0 Å². The molecule has 1 heterocycles. The smallest absolute Gasteiger partial charge is 0.357 e. The number of hydrogen-bond acceptors (Lipinski definition) is 4. The molecule has 138 valence electrons. The molecule has 0 aliphatic carbocycles. The number of pyridine rings is 1. The summed E-state index contributed by atoms with van der Waals surface area (Å²) >= 11 is 0. The Balaban J connectivity index is 1.55. The van der Waals surface area contributed by atoms with Gasteiger partial charge in [-0.15, -0.1) is 0 Å². The van der Waals surface area contributed by atoms with E-state index in [0.29, 0.717) is 12.1 Å². The van der Waals surface area contributed by atoms with Gasteiger partial charge in [-0.05, 0) is 29.7 Å². The molecule has 1 aromatic heterocycles. The SMILES string of the molecule is CCc1ccc(CN(C)C(=O)COC(=O)c2ccc3ccccc3n2)cc1. The minimum absolute atomic E-state index is 0.194. The third kappa shape index (κ3) is 4.70. The van der Waals surface area contributed by atoms with E-state index in [1.807, 2.05) is 42.5 Å². The highest BCUT2D eigenvalue weighted by atomic mass is 16.5. The third-order valence-corrected chi connectivity index (χ3v) is 4.41. The normalized spacial score (nSPS) is 10.6. The number of carbonyl (C=O) groups excluding carboxylic acids is 2. The Morgan fingerprint density at radius 3 is 2.41 bits per heavy atom. The Morgan fingerprint density at radius 1 is 0.963 bits per heavy atom. The molecule has 0 N–H and O–H groups in total. The van der Waals surface area contributed by atoms with Crippen LogP contribution in [0.3, 0.4) is 0 Å². The molecule has 3 rings (SSSR count). The number of rotatable bonds is 6. The summed E-state index contributed by atoms with van der Waals surface area (Å²) in [5.74, 6) is -0.862. The van der Waals surface area contributed by atoms with Crippen molar-refractivity contribution in [3.05, 3.63) is 77.5 Å². The number of nitrogens with zero attached hydrogens (tertiary/aromatic N) is 2. The average Bonchev–Trinajstić information content (AvgIpc) is 2.71. The van der Waals surface area contributed by atoms with E-state index in [-0.39, 0.29) is 18.2 Å². The van der Waals surface area contributed by atoms with Crippen molar-refractivity contribution < 1.29 is 14.3 Å². The van der Waals surface area contributed by atoms with Crippen LogP contribution in [0.15, 0.2) is 60.7 Å². The first kappa shape index (κ1) is 18.6. The highest BCUT2D eigenvalue weighted by Gasteiger charge is 2.15. The van der Waals surface area contributed by atoms with E-state index in [2.05, 4.69) is 24.0 Å². The van der Waals surface area contributed by atoms with E-state index in [1.165, 1.54) is 5.56 Å². The standard InChI is InChI=1S/C22H22N2O3/c1-3-16-8-10-17(11-9-16)14-24(2)21(25)15-27-22(26)20-13-12-18-6-4-5-7-19(18)23-20/h4-13H,3,14-15H2,1-2H3. The topological polar surface area (TPSA) is 59.5 Å². The summed E-state index contributed by atoms with van der Waals surface area (Å²) in [6.07, 6.45) is 0.980. The zero-order valence-corrected chi connectivity index (χ0v) is 15.5. The lowest BCUT2D eigenvalue weighted by atomic mass is 10.1. The fourth-order valence-electron chi connectivity index (χ4n) is 2.73. The molecule has 0 fully saturated rings. The first-order chi connectivity index (χ1) is 13.1. The van der Waals surface area contributed by atoms with E-state index in [4.69, 9.17) is 4.74 Å². The summed E-state index contributed by atoms with van der Waals surface area (Å²) in [5, 5.41) is 0.943. The molecule has 0 spiro atoms. The molecule has 1 amide bonds. The number of benzene rings is 2. The molecule has 5 heteroatoms. The fourth-order valence-corrected chi connectivity index (χ4v) is 2.73. The third-order valence-electron chi connectivity index (χ3n) is 4.41. The second kappa shape index (κ2) is 8.45. The molecule has 0 saturated carbocycles. The lowest BCUT2D eigenvalue weighted by Crippen LogP contribution is -2.30.